The summed E-state index contributed by atoms with van der Waals surface area (Å²) in [6.07, 6.45) is 4.37. The first-order valence-electron chi connectivity index (χ1n) is 14.0. The summed E-state index contributed by atoms with van der Waals surface area (Å²) in [5.74, 6) is -1.25. The van der Waals surface area contributed by atoms with E-state index in [4.69, 9.17) is 33.7 Å². The van der Waals surface area contributed by atoms with Gasteiger partial charge in [-0.15, -0.1) is 0 Å². The van der Waals surface area contributed by atoms with Gasteiger partial charge in [0.2, 0.25) is 11.8 Å². The largest absolute Gasteiger partial charge is 0.495 e. The number of rotatable bonds is 6. The number of amides is 2. The van der Waals surface area contributed by atoms with Crippen LogP contribution in [0.1, 0.15) is 50.0 Å². The van der Waals surface area contributed by atoms with Gasteiger partial charge in [-0.3, -0.25) is 9.59 Å². The molecule has 1 saturated heterocycles. The zero-order valence-corrected chi connectivity index (χ0v) is 25.9. The summed E-state index contributed by atoms with van der Waals surface area (Å²) in [6, 6.07) is 9.29. The van der Waals surface area contributed by atoms with E-state index in [1.165, 1.54) is 19.2 Å². The van der Waals surface area contributed by atoms with E-state index in [0.717, 1.165) is 11.3 Å². The van der Waals surface area contributed by atoms with Crippen LogP contribution in [0.2, 0.25) is 5.02 Å². The third kappa shape index (κ3) is 5.07. The van der Waals surface area contributed by atoms with Crippen LogP contribution < -0.4 is 26.4 Å². The number of carbonyl (C=O) groups excluding carboxylic acids is 2. The molecule has 0 bridgehead atoms. The minimum atomic E-state index is -1.53. The van der Waals surface area contributed by atoms with Gasteiger partial charge in [0.25, 0.3) is 0 Å². The maximum absolute atomic E-state index is 16.4. The van der Waals surface area contributed by atoms with Crippen LogP contribution in [0.4, 0.5) is 15.8 Å². The van der Waals surface area contributed by atoms with Crippen LogP contribution in [0.15, 0.2) is 59.7 Å². The van der Waals surface area contributed by atoms with Crippen molar-refractivity contribution >= 4 is 46.4 Å². The van der Waals surface area contributed by atoms with E-state index in [1.807, 2.05) is 31.2 Å². The van der Waals surface area contributed by atoms with Gasteiger partial charge in [0, 0.05) is 45.6 Å². The van der Waals surface area contributed by atoms with E-state index in [2.05, 4.69) is 36.7 Å². The first-order valence-corrected chi connectivity index (χ1v) is 14.7. The number of anilines is 2. The Kier molecular flexibility index (Phi) is 7.88. The van der Waals surface area contributed by atoms with Crippen molar-refractivity contribution in [3.63, 3.8) is 0 Å². The summed E-state index contributed by atoms with van der Waals surface area (Å²) in [4.78, 5) is 26.1. The predicted octanol–water partition coefficient (Wildman–Crippen LogP) is 6.18. The molecule has 3 aliphatic rings. The summed E-state index contributed by atoms with van der Waals surface area (Å²) in [5, 5.41) is 10.9. The van der Waals surface area contributed by atoms with Gasteiger partial charge in [-0.25, -0.2) is 4.39 Å². The lowest BCUT2D eigenvalue weighted by Gasteiger charge is -2.48. The Morgan fingerprint density at radius 2 is 1.93 bits per heavy atom. The number of carbonyl (C=O) groups is 2. The van der Waals surface area contributed by atoms with Crippen molar-refractivity contribution in [2.75, 3.05) is 24.3 Å². The molecule has 2 aromatic rings. The molecule has 2 aliphatic heterocycles. The SMILES string of the molecule is COc1cc(C(N)=O)ccc1NC(=O)[C@@H]1N[C@@H](CC(C)(C)C)[C@@]2(CNc3cc(Cl)ccc32)[C@H]1C1(C)C=CC=C(Cl)C1F. The number of fused-ring (bicyclic) bond motifs is 2. The summed E-state index contributed by atoms with van der Waals surface area (Å²) in [5.41, 5.74) is 5.99. The number of methoxy groups -OCH3 is 1. The van der Waals surface area contributed by atoms with Crippen molar-refractivity contribution in [2.24, 2.45) is 22.5 Å². The molecular formula is C32H37Cl2FN4O3. The molecule has 0 saturated carbocycles. The molecule has 2 unspecified atom stereocenters. The van der Waals surface area contributed by atoms with Crippen molar-refractivity contribution in [2.45, 2.75) is 57.8 Å². The third-order valence-electron chi connectivity index (χ3n) is 8.96. The molecule has 224 valence electrons. The number of nitrogens with one attached hydrogen (secondary N) is 3. The molecule has 42 heavy (non-hydrogen) atoms. The molecule has 0 radical (unpaired) electrons. The number of primary amides is 1. The first kappa shape index (κ1) is 30.4. The number of halogens is 3. The molecule has 0 aromatic heterocycles. The second-order valence-electron chi connectivity index (χ2n) is 12.9. The molecule has 7 nitrogen and oxygen atoms in total. The molecule has 2 aromatic carbocycles. The van der Waals surface area contributed by atoms with E-state index >= 15 is 4.39 Å². The fourth-order valence-corrected chi connectivity index (χ4v) is 7.68. The van der Waals surface area contributed by atoms with Crippen LogP contribution >= 0.6 is 23.2 Å². The molecule has 1 aliphatic carbocycles. The molecule has 1 fully saturated rings. The molecule has 5 N–H and O–H groups in total. The molecule has 2 heterocycles. The van der Waals surface area contributed by atoms with Gasteiger partial charge in [-0.05, 0) is 53.8 Å². The Labute approximate surface area is 256 Å². The number of nitrogens with two attached hydrogens (primary N) is 1. The van der Waals surface area contributed by atoms with Crippen LogP contribution in [-0.2, 0) is 10.2 Å². The van der Waals surface area contributed by atoms with Crippen molar-refractivity contribution in [1.29, 1.82) is 0 Å². The molecule has 2 amide bonds. The zero-order valence-electron chi connectivity index (χ0n) is 24.4. The summed E-state index contributed by atoms with van der Waals surface area (Å²) >= 11 is 12.8. The van der Waals surface area contributed by atoms with E-state index in [9.17, 15) is 9.59 Å². The molecule has 1 spiro atoms. The number of hydrogen-bond acceptors (Lipinski definition) is 5. The van der Waals surface area contributed by atoms with E-state index < -0.39 is 34.9 Å². The van der Waals surface area contributed by atoms with Gasteiger partial charge in [-0.2, -0.15) is 0 Å². The maximum Gasteiger partial charge on any atom is 0.248 e. The third-order valence-corrected chi connectivity index (χ3v) is 9.51. The number of ether oxygens (including phenoxy) is 1. The van der Waals surface area contributed by atoms with Crippen molar-refractivity contribution in [3.05, 3.63) is 75.8 Å². The lowest BCUT2D eigenvalue weighted by molar-refractivity contribution is -0.120. The average molecular weight is 616 g/mol. The predicted molar refractivity (Wildman–Crippen MR) is 166 cm³/mol. The second kappa shape index (κ2) is 10.9. The Morgan fingerprint density at radius 1 is 1.19 bits per heavy atom. The van der Waals surface area contributed by atoms with Crippen LogP contribution in [0.3, 0.4) is 0 Å². The minimum absolute atomic E-state index is 0.0968. The van der Waals surface area contributed by atoms with Gasteiger partial charge in [-0.1, -0.05) is 69.1 Å². The van der Waals surface area contributed by atoms with Crippen molar-refractivity contribution < 1.29 is 18.7 Å². The Hall–Kier alpha value is -3.07. The van der Waals surface area contributed by atoms with Crippen molar-refractivity contribution in [3.8, 4) is 5.75 Å². The fraction of sp³-hybridized carbons (Fsp3) is 0.438. The van der Waals surface area contributed by atoms with Gasteiger partial charge in [0.1, 0.15) is 11.9 Å². The highest BCUT2D eigenvalue weighted by Crippen LogP contribution is 2.60. The molecule has 5 rings (SSSR count). The first-order chi connectivity index (χ1) is 19.7. The monoisotopic (exact) mass is 614 g/mol. The Bertz CT molecular complexity index is 1490. The zero-order chi connectivity index (χ0) is 30.6. The quantitative estimate of drug-likeness (QED) is 0.311. The van der Waals surface area contributed by atoms with Gasteiger partial charge in [0.05, 0.1) is 23.9 Å². The lowest BCUT2D eigenvalue weighted by atomic mass is 9.54. The highest BCUT2D eigenvalue weighted by atomic mass is 35.5. The van der Waals surface area contributed by atoms with Crippen LogP contribution in [-0.4, -0.2) is 43.7 Å². The second-order valence-corrected chi connectivity index (χ2v) is 13.8. The minimum Gasteiger partial charge on any atom is -0.495 e. The van der Waals surface area contributed by atoms with E-state index in [1.54, 1.807) is 18.2 Å². The highest BCUT2D eigenvalue weighted by Gasteiger charge is 2.66. The summed E-state index contributed by atoms with van der Waals surface area (Å²) in [7, 11) is 1.45. The summed E-state index contributed by atoms with van der Waals surface area (Å²) in [6.45, 7) is 8.79. The van der Waals surface area contributed by atoms with Crippen LogP contribution in [0.5, 0.6) is 5.75 Å². The standard InChI is InChI=1S/C32H37Cl2FN4O3/c1-30(2,3)15-24-32(16-37-22-14-18(33)9-10-19(22)32)26(31(4)12-6-7-20(34)27(31)35)25(39-24)29(41)38-21-11-8-17(28(36)40)13-23(21)42-5/h6-14,24-27,37,39H,15-16H2,1-5H3,(H2,36,40)(H,38,41)/t24-,25+,26+,27?,31?,32-/m0/s1. The van der Waals surface area contributed by atoms with Crippen LogP contribution in [0, 0.1) is 16.7 Å². The normalized spacial score (nSPS) is 30.0. The Balaban J connectivity index is 1.66. The Morgan fingerprint density at radius 3 is 2.60 bits per heavy atom. The van der Waals surface area contributed by atoms with Gasteiger partial charge in [0.15, 0.2) is 0 Å². The topological polar surface area (TPSA) is 105 Å². The lowest BCUT2D eigenvalue weighted by Crippen LogP contribution is -2.55. The smallest absolute Gasteiger partial charge is 0.248 e. The van der Waals surface area contributed by atoms with Gasteiger partial charge >= 0.3 is 0 Å². The number of benzene rings is 2. The molecule has 10 heteroatoms. The number of hydrogen-bond donors (Lipinski definition) is 4. The average Bonchev–Trinajstić information content (AvgIpc) is 3.44. The molecule has 6 atom stereocenters. The number of alkyl halides is 1. The maximum atomic E-state index is 16.4. The molecular weight excluding hydrogens is 578 g/mol. The number of allylic oxidation sites excluding steroid dienone is 4. The van der Waals surface area contributed by atoms with E-state index in [-0.39, 0.29) is 33.7 Å². The van der Waals surface area contributed by atoms with E-state index in [0.29, 0.717) is 23.7 Å². The summed E-state index contributed by atoms with van der Waals surface area (Å²) < 4.78 is 21.9. The van der Waals surface area contributed by atoms with Gasteiger partial charge < -0.3 is 26.4 Å². The fourth-order valence-electron chi connectivity index (χ4n) is 7.20. The van der Waals surface area contributed by atoms with Crippen molar-refractivity contribution in [1.82, 2.24) is 5.32 Å². The van der Waals surface area contributed by atoms with Crippen LogP contribution in [0.25, 0.3) is 0 Å². The highest BCUT2D eigenvalue weighted by molar-refractivity contribution is 6.31.